The van der Waals surface area contributed by atoms with E-state index >= 15 is 0 Å². The van der Waals surface area contributed by atoms with Crippen LogP contribution in [0.25, 0.3) is 37.9 Å². The van der Waals surface area contributed by atoms with E-state index in [0.717, 1.165) is 23.5 Å². The molecule has 1 unspecified atom stereocenters. The third-order valence-corrected chi connectivity index (χ3v) is 10.4. The summed E-state index contributed by atoms with van der Waals surface area (Å²) in [7, 11) is 0. The molecule has 0 saturated carbocycles. The van der Waals surface area contributed by atoms with Gasteiger partial charge in [-0.05, 0) is 129 Å². The number of aryl methyl sites for hydroxylation is 1. The Morgan fingerprint density at radius 3 is 1.61 bits per heavy atom. The van der Waals surface area contributed by atoms with Crippen LogP contribution in [-0.4, -0.2) is 11.1 Å². The Balaban J connectivity index is 0.00000203. The molecule has 0 aliphatic heterocycles. The summed E-state index contributed by atoms with van der Waals surface area (Å²) in [5.41, 5.74) is 9.17. The third-order valence-electron chi connectivity index (χ3n) is 10.4. The van der Waals surface area contributed by atoms with Gasteiger partial charge in [0.05, 0.1) is 6.04 Å². The number of hydrogen-bond acceptors (Lipinski definition) is 3. The number of anilines is 5. The first-order chi connectivity index (χ1) is 26.6. The maximum Gasteiger partial charge on any atom is 0.115 e. The molecular formula is C51H44N2O. The molecule has 8 aromatic carbocycles. The van der Waals surface area contributed by atoms with Gasteiger partial charge in [0.1, 0.15) is 5.75 Å². The molecule has 3 heteroatoms. The molecule has 3 nitrogen and oxygen atoms in total. The Kier molecular flexibility index (Phi) is 9.70. The van der Waals surface area contributed by atoms with E-state index in [1.807, 2.05) is 26.0 Å². The van der Waals surface area contributed by atoms with Crippen LogP contribution < -0.4 is 9.80 Å². The molecule has 0 saturated heterocycles. The fraction of sp³-hybridized carbons (Fsp3) is 0.0980. The van der Waals surface area contributed by atoms with Gasteiger partial charge in [0.2, 0.25) is 0 Å². The Labute approximate surface area is 318 Å². The number of para-hydroxylation sites is 2. The first-order valence-electron chi connectivity index (χ1n) is 18.9. The van der Waals surface area contributed by atoms with Crippen LogP contribution in [0.3, 0.4) is 0 Å². The van der Waals surface area contributed by atoms with Gasteiger partial charge in [0, 0.05) is 28.4 Å². The molecule has 264 valence electrons. The molecule has 0 bridgehead atoms. The average molecular weight is 701 g/mol. The minimum Gasteiger partial charge on any atom is -0.508 e. The number of hydrogen-bond donors (Lipinski definition) is 1. The molecule has 0 spiro atoms. The Morgan fingerprint density at radius 2 is 1.02 bits per heavy atom. The molecule has 1 aliphatic rings. The van der Waals surface area contributed by atoms with E-state index in [1.165, 1.54) is 60.4 Å². The molecule has 1 atom stereocenters. The molecule has 1 aliphatic carbocycles. The van der Waals surface area contributed by atoms with Gasteiger partial charge in [-0.15, -0.1) is 0 Å². The third kappa shape index (κ3) is 6.50. The zero-order chi connectivity index (χ0) is 37.0. The predicted molar refractivity (Wildman–Crippen MR) is 232 cm³/mol. The number of aromatic hydroxyl groups is 1. The summed E-state index contributed by atoms with van der Waals surface area (Å²) in [6.07, 6.45) is 7.88. The van der Waals surface area contributed by atoms with E-state index in [1.54, 1.807) is 12.1 Å². The normalized spacial score (nSPS) is 13.7. The smallest absolute Gasteiger partial charge is 0.115 e. The Hall–Kier alpha value is -6.58. The van der Waals surface area contributed by atoms with Crippen molar-refractivity contribution in [1.29, 1.82) is 0 Å². The minimum absolute atomic E-state index is 0.206. The maximum atomic E-state index is 10.2. The standard InChI is InChI=1S/C49H38N2O.C2H6/c1-34-11-5-10-18-49(34)51(37-12-3-2-4-13-37)40-25-21-36(22-26-40)35-19-23-38(24-20-35)50(39-27-30-42(52)31-28-39)41-29-32-47-45-16-7-6-14-43(45)44-15-8-9-17-46(44)48(47)33-41;1-2/h2-25,27-33,40,52H,26H2,1H3;1-2H3. The van der Waals surface area contributed by atoms with Crippen molar-refractivity contribution in [2.24, 2.45) is 0 Å². The van der Waals surface area contributed by atoms with Crippen LogP contribution >= 0.6 is 0 Å². The van der Waals surface area contributed by atoms with E-state index in [0.29, 0.717) is 0 Å². The van der Waals surface area contributed by atoms with Crippen molar-refractivity contribution in [3.8, 4) is 5.75 Å². The summed E-state index contributed by atoms with van der Waals surface area (Å²) in [5.74, 6) is 0.248. The summed E-state index contributed by atoms with van der Waals surface area (Å²) < 4.78 is 0. The molecule has 1 N–H and O–H groups in total. The minimum atomic E-state index is 0.206. The number of rotatable bonds is 7. The van der Waals surface area contributed by atoms with Gasteiger partial charge in [0.25, 0.3) is 0 Å². The van der Waals surface area contributed by atoms with Crippen LogP contribution in [0.4, 0.5) is 28.4 Å². The number of benzene rings is 8. The van der Waals surface area contributed by atoms with Crippen LogP contribution in [0.1, 0.15) is 31.4 Å². The van der Waals surface area contributed by atoms with E-state index in [-0.39, 0.29) is 11.8 Å². The predicted octanol–water partition coefficient (Wildman–Crippen LogP) is 14.2. The highest BCUT2D eigenvalue weighted by molar-refractivity contribution is 6.25. The second-order valence-corrected chi connectivity index (χ2v) is 13.5. The van der Waals surface area contributed by atoms with Crippen molar-refractivity contribution in [3.05, 3.63) is 199 Å². The van der Waals surface area contributed by atoms with Crippen molar-refractivity contribution in [2.45, 2.75) is 33.2 Å². The van der Waals surface area contributed by atoms with Gasteiger partial charge >= 0.3 is 0 Å². The van der Waals surface area contributed by atoms with Crippen molar-refractivity contribution in [2.75, 3.05) is 9.80 Å². The van der Waals surface area contributed by atoms with Crippen LogP contribution in [-0.2, 0) is 0 Å². The highest BCUT2D eigenvalue weighted by atomic mass is 16.3. The zero-order valence-electron chi connectivity index (χ0n) is 31.0. The summed E-state index contributed by atoms with van der Waals surface area (Å²) in [4.78, 5) is 4.72. The molecule has 0 aromatic heterocycles. The quantitative estimate of drug-likeness (QED) is 0.168. The highest BCUT2D eigenvalue weighted by Gasteiger charge is 2.22. The fourth-order valence-electron chi connectivity index (χ4n) is 7.83. The number of fused-ring (bicyclic) bond motifs is 6. The molecular weight excluding hydrogens is 657 g/mol. The zero-order valence-corrected chi connectivity index (χ0v) is 31.0. The van der Waals surface area contributed by atoms with E-state index < -0.39 is 0 Å². The summed E-state index contributed by atoms with van der Waals surface area (Å²) in [6.45, 7) is 6.18. The lowest BCUT2D eigenvalue weighted by atomic mass is 9.93. The summed E-state index contributed by atoms with van der Waals surface area (Å²) >= 11 is 0. The maximum absolute atomic E-state index is 10.2. The lowest BCUT2D eigenvalue weighted by Gasteiger charge is -2.34. The first kappa shape index (κ1) is 34.5. The number of phenolic OH excluding ortho intramolecular Hbond substituents is 1. The topological polar surface area (TPSA) is 26.7 Å². The number of nitrogens with zero attached hydrogens (tertiary/aromatic N) is 2. The van der Waals surface area contributed by atoms with Crippen LogP contribution in [0.2, 0.25) is 0 Å². The van der Waals surface area contributed by atoms with Crippen molar-refractivity contribution in [1.82, 2.24) is 0 Å². The van der Waals surface area contributed by atoms with Crippen LogP contribution in [0.5, 0.6) is 5.75 Å². The Morgan fingerprint density at radius 1 is 0.500 bits per heavy atom. The molecule has 0 amide bonds. The van der Waals surface area contributed by atoms with Crippen LogP contribution in [0.15, 0.2) is 188 Å². The fourth-order valence-corrected chi connectivity index (χ4v) is 7.83. The molecule has 8 aromatic rings. The van der Waals surface area contributed by atoms with Crippen molar-refractivity contribution < 1.29 is 5.11 Å². The van der Waals surface area contributed by atoms with Crippen LogP contribution in [0, 0.1) is 6.92 Å². The van der Waals surface area contributed by atoms with Gasteiger partial charge in [-0.2, -0.15) is 0 Å². The second kappa shape index (κ2) is 15.2. The molecule has 0 fully saturated rings. The van der Waals surface area contributed by atoms with E-state index in [9.17, 15) is 5.11 Å². The summed E-state index contributed by atoms with van der Waals surface area (Å²) in [6, 6.07) is 60.0. The first-order valence-corrected chi connectivity index (χ1v) is 18.9. The highest BCUT2D eigenvalue weighted by Crippen LogP contribution is 2.42. The van der Waals surface area contributed by atoms with Gasteiger partial charge in [0.15, 0.2) is 0 Å². The molecule has 54 heavy (non-hydrogen) atoms. The average Bonchev–Trinajstić information content (AvgIpc) is 3.24. The largest absolute Gasteiger partial charge is 0.508 e. The van der Waals surface area contributed by atoms with Gasteiger partial charge in [-0.1, -0.05) is 135 Å². The molecule has 0 heterocycles. The van der Waals surface area contributed by atoms with Gasteiger partial charge in [-0.3, -0.25) is 0 Å². The lowest BCUT2D eigenvalue weighted by molar-refractivity contribution is 0.475. The Bertz CT molecular complexity index is 2590. The lowest BCUT2D eigenvalue weighted by Crippen LogP contribution is -2.30. The molecule has 9 rings (SSSR count). The SMILES string of the molecule is CC.Cc1ccccc1N(c1ccccc1)C1C=CC(c2ccc(N(c3ccc(O)cc3)c3ccc4c5ccccc5c5ccccc5c4c3)cc2)=CC1. The van der Waals surface area contributed by atoms with Gasteiger partial charge in [-0.25, -0.2) is 0 Å². The molecule has 0 radical (unpaired) electrons. The van der Waals surface area contributed by atoms with E-state index in [4.69, 9.17) is 0 Å². The summed E-state index contributed by atoms with van der Waals surface area (Å²) in [5, 5.41) is 17.7. The van der Waals surface area contributed by atoms with Gasteiger partial charge < -0.3 is 14.9 Å². The van der Waals surface area contributed by atoms with Crippen molar-refractivity contribution >= 4 is 66.3 Å². The number of phenols is 1. The van der Waals surface area contributed by atoms with Crippen molar-refractivity contribution in [3.63, 3.8) is 0 Å². The monoisotopic (exact) mass is 700 g/mol. The number of allylic oxidation sites excluding steroid dienone is 2. The second-order valence-electron chi connectivity index (χ2n) is 13.5. The van der Waals surface area contributed by atoms with E-state index in [2.05, 4.69) is 181 Å².